The third kappa shape index (κ3) is 4.55. The summed E-state index contributed by atoms with van der Waals surface area (Å²) in [5.41, 5.74) is 0. The van der Waals surface area contributed by atoms with E-state index < -0.39 is 21.3 Å². The Balaban J connectivity index is 2.09. The molecule has 0 saturated heterocycles. The first-order valence-electron chi connectivity index (χ1n) is 6.34. The van der Waals surface area contributed by atoms with Gasteiger partial charge in [0.05, 0.1) is 3.57 Å². The van der Waals surface area contributed by atoms with E-state index in [1.165, 1.54) is 24.3 Å². The largest absolute Gasteiger partial charge is 0.507 e. The summed E-state index contributed by atoms with van der Waals surface area (Å²) in [6, 6.07) is 9.23. The van der Waals surface area contributed by atoms with E-state index in [0.717, 1.165) is 12.1 Å². The molecule has 134 valence electrons. The first kappa shape index (κ1) is 19.3. The Labute approximate surface area is 154 Å². The van der Waals surface area contributed by atoms with Gasteiger partial charge in [0.15, 0.2) is 0 Å². The molecule has 0 aromatic heterocycles. The zero-order valence-electron chi connectivity index (χ0n) is 12.0. The first-order valence-corrected chi connectivity index (χ1v) is 8.86. The smallest absolute Gasteiger partial charge is 0.466 e. The number of rotatable bonds is 5. The minimum Gasteiger partial charge on any atom is -0.507 e. The summed E-state index contributed by atoms with van der Waals surface area (Å²) in [6.45, 7) is 0. The highest BCUT2D eigenvalue weighted by atomic mass is 127. The Morgan fingerprint density at radius 2 is 1.56 bits per heavy atom. The summed E-state index contributed by atoms with van der Waals surface area (Å²) in [5, 5.41) is 4.34. The van der Waals surface area contributed by atoms with Crippen LogP contribution in [0.25, 0.3) is 0 Å². The number of aromatic hydroxyl groups is 1. The molecular formula is C14H9F2IO7S. The fourth-order valence-corrected chi connectivity index (χ4v) is 2.27. The summed E-state index contributed by atoms with van der Waals surface area (Å²) in [6.07, 6.45) is 0. The average molecular weight is 486 g/mol. The molecule has 2 aromatic carbocycles. The van der Waals surface area contributed by atoms with Crippen LogP contribution in [0.1, 0.15) is 0 Å². The molecule has 0 fully saturated rings. The maximum absolute atomic E-state index is 13.1. The number of hydrogen-bond donors (Lipinski definition) is 2. The molecule has 2 rings (SSSR count). The normalized spacial score (nSPS) is 11.8. The zero-order valence-corrected chi connectivity index (χ0v) is 15.0. The third-order valence-corrected chi connectivity index (χ3v) is 4.43. The topological polar surface area (TPSA) is 110 Å². The van der Waals surface area contributed by atoms with Gasteiger partial charge < -0.3 is 14.6 Å². The van der Waals surface area contributed by atoms with E-state index in [1.807, 2.05) is 22.6 Å². The van der Waals surface area contributed by atoms with Crippen molar-refractivity contribution in [1.29, 1.82) is 0 Å². The number of carbonyl (C=O) groups excluding carboxylic acids is 1. The number of phenols is 1. The minimum atomic E-state index is -5.93. The monoisotopic (exact) mass is 486 g/mol. The van der Waals surface area contributed by atoms with Crippen LogP contribution < -0.4 is 9.47 Å². The molecule has 2 N–H and O–H groups in total. The molecule has 0 amide bonds. The van der Waals surface area contributed by atoms with E-state index in [2.05, 4.69) is 4.74 Å². The lowest BCUT2D eigenvalue weighted by atomic mass is 10.3. The van der Waals surface area contributed by atoms with E-state index in [-0.39, 0.29) is 17.2 Å². The highest BCUT2D eigenvalue weighted by molar-refractivity contribution is 14.1. The SMILES string of the molecule is O=C(Oc1ccc(Oc2ccc(O)c(I)c2)cc1)C(F)(F)S(=O)(=O)O. The maximum atomic E-state index is 13.1. The lowest BCUT2D eigenvalue weighted by Crippen LogP contribution is -2.40. The van der Waals surface area contributed by atoms with Gasteiger partial charge in [0.1, 0.15) is 23.0 Å². The van der Waals surface area contributed by atoms with Crippen LogP contribution >= 0.6 is 22.6 Å². The van der Waals surface area contributed by atoms with Gasteiger partial charge >= 0.3 is 21.3 Å². The van der Waals surface area contributed by atoms with Gasteiger partial charge in [-0.15, -0.1) is 0 Å². The van der Waals surface area contributed by atoms with Gasteiger partial charge in [-0.05, 0) is 65.1 Å². The van der Waals surface area contributed by atoms with Crippen molar-refractivity contribution in [1.82, 2.24) is 0 Å². The molecule has 0 radical (unpaired) electrons. The van der Waals surface area contributed by atoms with Crippen LogP contribution in [0.2, 0.25) is 0 Å². The zero-order chi connectivity index (χ0) is 18.8. The van der Waals surface area contributed by atoms with E-state index in [0.29, 0.717) is 9.32 Å². The predicted octanol–water partition coefficient (Wildman–Crippen LogP) is 3.18. The highest BCUT2D eigenvalue weighted by Gasteiger charge is 2.54. The molecular weight excluding hydrogens is 477 g/mol. The lowest BCUT2D eigenvalue weighted by Gasteiger charge is -2.12. The first-order chi connectivity index (χ1) is 11.5. The summed E-state index contributed by atoms with van der Waals surface area (Å²) in [7, 11) is -5.93. The number of hydrogen-bond acceptors (Lipinski definition) is 6. The summed E-state index contributed by atoms with van der Waals surface area (Å²) >= 11 is 1.90. The lowest BCUT2D eigenvalue weighted by molar-refractivity contribution is -0.151. The summed E-state index contributed by atoms with van der Waals surface area (Å²) < 4.78 is 65.7. The standard InChI is InChI=1S/C14H9F2IO7S/c15-14(16,25(20,21)22)13(19)24-9-3-1-8(2-4-9)23-10-5-6-12(18)11(17)7-10/h1-7,18H,(H,20,21,22). The number of carbonyl (C=O) groups is 1. The maximum Gasteiger partial charge on any atom is 0.466 e. The van der Waals surface area contributed by atoms with Crippen LogP contribution in [-0.4, -0.2) is 29.3 Å². The van der Waals surface area contributed by atoms with Crippen LogP contribution in [0.3, 0.4) is 0 Å². The molecule has 0 heterocycles. The minimum absolute atomic E-state index is 0.0787. The van der Waals surface area contributed by atoms with Gasteiger partial charge in [0.25, 0.3) is 0 Å². The second-order valence-corrected chi connectivity index (χ2v) is 7.19. The molecule has 25 heavy (non-hydrogen) atoms. The van der Waals surface area contributed by atoms with Crippen molar-refractivity contribution in [3.8, 4) is 23.0 Å². The van der Waals surface area contributed by atoms with E-state index in [4.69, 9.17) is 9.29 Å². The van der Waals surface area contributed by atoms with Crippen LogP contribution in [0.4, 0.5) is 8.78 Å². The molecule has 0 aliphatic rings. The Hall–Kier alpha value is -1.99. The van der Waals surface area contributed by atoms with Gasteiger partial charge in [-0.3, -0.25) is 4.55 Å². The quantitative estimate of drug-likeness (QED) is 0.289. The van der Waals surface area contributed by atoms with Crippen LogP contribution in [0.5, 0.6) is 23.0 Å². The van der Waals surface area contributed by atoms with Crippen LogP contribution in [0, 0.1) is 3.57 Å². The van der Waals surface area contributed by atoms with Crippen molar-refractivity contribution in [2.24, 2.45) is 0 Å². The number of benzene rings is 2. The number of halogens is 3. The van der Waals surface area contributed by atoms with Gasteiger partial charge in [0, 0.05) is 0 Å². The molecule has 11 heteroatoms. The Kier molecular flexibility index (Phi) is 5.49. The van der Waals surface area contributed by atoms with Gasteiger partial charge in [0.2, 0.25) is 0 Å². The number of phenolic OH excluding ortho intramolecular Hbond substituents is 1. The molecule has 0 spiro atoms. The van der Waals surface area contributed by atoms with E-state index in [9.17, 15) is 27.1 Å². The molecule has 0 aliphatic heterocycles. The average Bonchev–Trinajstić information content (AvgIpc) is 2.51. The molecule has 2 aromatic rings. The summed E-state index contributed by atoms with van der Waals surface area (Å²) in [4.78, 5) is 11.2. The van der Waals surface area contributed by atoms with Crippen LogP contribution in [0.15, 0.2) is 42.5 Å². The highest BCUT2D eigenvalue weighted by Crippen LogP contribution is 2.29. The Bertz CT molecular complexity index is 898. The Morgan fingerprint density at radius 3 is 2.08 bits per heavy atom. The molecule has 0 unspecified atom stereocenters. The molecule has 0 bridgehead atoms. The molecule has 0 saturated carbocycles. The Morgan fingerprint density at radius 1 is 1.04 bits per heavy atom. The number of ether oxygens (including phenoxy) is 2. The molecule has 0 atom stereocenters. The van der Waals surface area contributed by atoms with Crippen LogP contribution in [-0.2, 0) is 14.9 Å². The second-order valence-electron chi connectivity index (χ2n) is 4.57. The van der Waals surface area contributed by atoms with Crippen molar-refractivity contribution in [2.75, 3.05) is 0 Å². The van der Waals surface area contributed by atoms with Gasteiger partial charge in [-0.25, -0.2) is 4.79 Å². The second kappa shape index (κ2) is 7.09. The fraction of sp³-hybridized carbons (Fsp3) is 0.0714. The van der Waals surface area contributed by atoms with Crippen molar-refractivity contribution in [3.05, 3.63) is 46.0 Å². The number of alkyl halides is 2. The predicted molar refractivity (Wildman–Crippen MR) is 89.5 cm³/mol. The van der Waals surface area contributed by atoms with Crippen molar-refractivity contribution < 1.29 is 41.1 Å². The molecule has 7 nitrogen and oxygen atoms in total. The van der Waals surface area contributed by atoms with E-state index in [1.54, 1.807) is 6.07 Å². The fourth-order valence-electron chi connectivity index (χ4n) is 1.53. The van der Waals surface area contributed by atoms with Gasteiger partial charge in [-0.2, -0.15) is 17.2 Å². The van der Waals surface area contributed by atoms with Crippen molar-refractivity contribution in [2.45, 2.75) is 5.25 Å². The van der Waals surface area contributed by atoms with Crippen molar-refractivity contribution >= 4 is 38.7 Å². The number of esters is 1. The van der Waals surface area contributed by atoms with Crippen molar-refractivity contribution in [3.63, 3.8) is 0 Å². The van der Waals surface area contributed by atoms with E-state index >= 15 is 0 Å². The summed E-state index contributed by atoms with van der Waals surface area (Å²) in [5.74, 6) is -2.07. The van der Waals surface area contributed by atoms with Gasteiger partial charge in [-0.1, -0.05) is 0 Å². The third-order valence-electron chi connectivity index (χ3n) is 2.75. The molecule has 0 aliphatic carbocycles.